The monoisotopic (exact) mass is 274 g/mol. The number of nitrogens with zero attached hydrogens (tertiary/aromatic N) is 1. The first kappa shape index (κ1) is 15.0. The fraction of sp³-hybridized carbons (Fsp3) is 0.588. The number of hydrogen-bond acceptors (Lipinski definition) is 2. The highest BCUT2D eigenvalue weighted by Gasteiger charge is 2.19. The van der Waals surface area contributed by atoms with E-state index in [-0.39, 0.29) is 0 Å². The Morgan fingerprint density at radius 1 is 1.25 bits per heavy atom. The van der Waals surface area contributed by atoms with Gasteiger partial charge in [-0.1, -0.05) is 30.3 Å². The minimum absolute atomic E-state index is 0.301. The third-order valence-corrected chi connectivity index (χ3v) is 4.14. The first-order valence-corrected chi connectivity index (χ1v) is 7.82. The molecule has 1 aliphatic rings. The van der Waals surface area contributed by atoms with E-state index >= 15 is 0 Å². The average Bonchev–Trinajstić information content (AvgIpc) is 2.52. The van der Waals surface area contributed by atoms with E-state index < -0.39 is 0 Å². The van der Waals surface area contributed by atoms with Gasteiger partial charge in [-0.05, 0) is 50.8 Å². The van der Waals surface area contributed by atoms with Crippen molar-refractivity contribution in [3.05, 3.63) is 35.9 Å². The summed E-state index contributed by atoms with van der Waals surface area (Å²) in [5, 5.41) is 3.38. The van der Waals surface area contributed by atoms with Crippen LogP contribution in [0.25, 0.3) is 0 Å². The van der Waals surface area contributed by atoms with Gasteiger partial charge in [0, 0.05) is 19.5 Å². The van der Waals surface area contributed by atoms with Gasteiger partial charge >= 0.3 is 0 Å². The molecule has 0 aliphatic carbocycles. The zero-order valence-corrected chi connectivity index (χ0v) is 12.5. The Bertz CT molecular complexity index is 399. The van der Waals surface area contributed by atoms with E-state index in [1.807, 2.05) is 23.1 Å². The molecule has 0 bridgehead atoms. The molecule has 1 saturated heterocycles. The van der Waals surface area contributed by atoms with Gasteiger partial charge < -0.3 is 10.2 Å². The smallest absolute Gasteiger partial charge is 0.222 e. The number of amides is 1. The van der Waals surface area contributed by atoms with Gasteiger partial charge in [-0.15, -0.1) is 0 Å². The molecule has 3 nitrogen and oxygen atoms in total. The second-order valence-electron chi connectivity index (χ2n) is 5.61. The van der Waals surface area contributed by atoms with Crippen LogP contribution in [0.15, 0.2) is 30.3 Å². The van der Waals surface area contributed by atoms with Gasteiger partial charge in [-0.25, -0.2) is 0 Å². The van der Waals surface area contributed by atoms with Crippen LogP contribution in [0.3, 0.4) is 0 Å². The van der Waals surface area contributed by atoms with Crippen LogP contribution in [0.4, 0.5) is 0 Å². The molecule has 2 rings (SSSR count). The zero-order chi connectivity index (χ0) is 14.2. The molecule has 1 amide bonds. The van der Waals surface area contributed by atoms with Gasteiger partial charge in [0.2, 0.25) is 5.91 Å². The maximum atomic E-state index is 12.3. The molecule has 0 spiro atoms. The van der Waals surface area contributed by atoms with Crippen molar-refractivity contribution in [1.82, 2.24) is 10.2 Å². The summed E-state index contributed by atoms with van der Waals surface area (Å²) in [6, 6.07) is 10.3. The van der Waals surface area contributed by atoms with E-state index in [1.165, 1.54) is 18.4 Å². The van der Waals surface area contributed by atoms with Crippen molar-refractivity contribution in [2.75, 3.05) is 26.2 Å². The zero-order valence-electron chi connectivity index (χ0n) is 12.5. The summed E-state index contributed by atoms with van der Waals surface area (Å²) < 4.78 is 0. The molecule has 1 heterocycles. The average molecular weight is 274 g/mol. The largest absolute Gasteiger partial charge is 0.343 e. The molecule has 0 aromatic heterocycles. The Kier molecular flexibility index (Phi) is 6.06. The van der Waals surface area contributed by atoms with E-state index in [9.17, 15) is 4.79 Å². The Labute approximate surface area is 122 Å². The highest BCUT2D eigenvalue weighted by Crippen LogP contribution is 2.14. The van der Waals surface area contributed by atoms with Crippen molar-refractivity contribution in [2.24, 2.45) is 5.92 Å². The fourth-order valence-corrected chi connectivity index (χ4v) is 2.84. The summed E-state index contributed by atoms with van der Waals surface area (Å²) in [4.78, 5) is 14.4. The van der Waals surface area contributed by atoms with Gasteiger partial charge in [-0.2, -0.15) is 0 Å². The normalized spacial score (nSPS) is 16.1. The lowest BCUT2D eigenvalue weighted by atomic mass is 9.97. The van der Waals surface area contributed by atoms with Crippen LogP contribution in [0.5, 0.6) is 0 Å². The van der Waals surface area contributed by atoms with Crippen LogP contribution < -0.4 is 5.32 Å². The molecule has 110 valence electrons. The summed E-state index contributed by atoms with van der Waals surface area (Å²) in [6.45, 7) is 6.05. The summed E-state index contributed by atoms with van der Waals surface area (Å²) in [6.07, 6.45) is 3.87. The molecule has 0 saturated carbocycles. The van der Waals surface area contributed by atoms with Crippen molar-refractivity contribution in [2.45, 2.75) is 32.6 Å². The molecule has 0 unspecified atom stereocenters. The predicted molar refractivity (Wildman–Crippen MR) is 82.6 cm³/mol. The summed E-state index contributed by atoms with van der Waals surface area (Å²) in [5.41, 5.74) is 1.25. The first-order valence-electron chi connectivity index (χ1n) is 7.82. The van der Waals surface area contributed by atoms with Crippen molar-refractivity contribution in [1.29, 1.82) is 0 Å². The third-order valence-electron chi connectivity index (χ3n) is 4.14. The van der Waals surface area contributed by atoms with Gasteiger partial charge in [-0.3, -0.25) is 4.79 Å². The quantitative estimate of drug-likeness (QED) is 0.864. The van der Waals surface area contributed by atoms with E-state index in [2.05, 4.69) is 24.4 Å². The van der Waals surface area contributed by atoms with Crippen molar-refractivity contribution in [3.63, 3.8) is 0 Å². The minimum Gasteiger partial charge on any atom is -0.343 e. The molecule has 1 N–H and O–H groups in total. The number of hydrogen-bond donors (Lipinski definition) is 1. The lowest BCUT2D eigenvalue weighted by Crippen LogP contribution is -2.39. The van der Waals surface area contributed by atoms with Crippen LogP contribution in [0.2, 0.25) is 0 Å². The minimum atomic E-state index is 0.301. The molecule has 1 aromatic carbocycles. The molecule has 0 radical (unpaired) electrons. The Morgan fingerprint density at radius 2 is 1.95 bits per heavy atom. The van der Waals surface area contributed by atoms with Gasteiger partial charge in [0.05, 0.1) is 0 Å². The number of benzene rings is 1. The SMILES string of the molecule is CCN(CC1CCNCC1)C(=O)CCc1ccccc1. The first-order chi connectivity index (χ1) is 9.79. The van der Waals surface area contributed by atoms with Crippen molar-refractivity contribution < 1.29 is 4.79 Å². The van der Waals surface area contributed by atoms with Crippen LogP contribution in [0.1, 0.15) is 31.7 Å². The number of rotatable bonds is 6. The Morgan fingerprint density at radius 3 is 2.60 bits per heavy atom. The van der Waals surface area contributed by atoms with Crippen LogP contribution in [0, 0.1) is 5.92 Å². The summed E-state index contributed by atoms with van der Waals surface area (Å²) in [7, 11) is 0. The standard InChI is InChI=1S/C17H26N2O/c1-2-19(14-16-10-12-18-13-11-16)17(20)9-8-15-6-4-3-5-7-15/h3-7,16,18H,2,8-14H2,1H3. The van der Waals surface area contributed by atoms with Crippen LogP contribution in [-0.4, -0.2) is 37.0 Å². The van der Waals surface area contributed by atoms with Crippen molar-refractivity contribution in [3.8, 4) is 0 Å². The third kappa shape index (κ3) is 4.64. The Hall–Kier alpha value is -1.35. The molecule has 1 aromatic rings. The molecule has 1 fully saturated rings. The molecule has 1 aliphatic heterocycles. The number of carbonyl (C=O) groups excluding carboxylic acids is 1. The second kappa shape index (κ2) is 8.05. The van der Waals surface area contributed by atoms with Gasteiger partial charge in [0.25, 0.3) is 0 Å². The topological polar surface area (TPSA) is 32.3 Å². The number of nitrogens with one attached hydrogen (secondary N) is 1. The number of aryl methyl sites for hydroxylation is 1. The maximum absolute atomic E-state index is 12.3. The van der Waals surface area contributed by atoms with E-state index in [0.717, 1.165) is 32.6 Å². The van der Waals surface area contributed by atoms with Crippen LogP contribution >= 0.6 is 0 Å². The molecular weight excluding hydrogens is 248 g/mol. The fourth-order valence-electron chi connectivity index (χ4n) is 2.84. The highest BCUT2D eigenvalue weighted by atomic mass is 16.2. The Balaban J connectivity index is 1.79. The second-order valence-corrected chi connectivity index (χ2v) is 5.61. The maximum Gasteiger partial charge on any atom is 0.222 e. The van der Waals surface area contributed by atoms with Gasteiger partial charge in [0.1, 0.15) is 0 Å². The van der Waals surface area contributed by atoms with Crippen molar-refractivity contribution >= 4 is 5.91 Å². The molecule has 20 heavy (non-hydrogen) atoms. The van der Waals surface area contributed by atoms with E-state index in [4.69, 9.17) is 0 Å². The van der Waals surface area contributed by atoms with Crippen LogP contribution in [-0.2, 0) is 11.2 Å². The molecule has 0 atom stereocenters. The van der Waals surface area contributed by atoms with E-state index in [1.54, 1.807) is 0 Å². The van der Waals surface area contributed by atoms with E-state index in [0.29, 0.717) is 18.2 Å². The van der Waals surface area contributed by atoms with Gasteiger partial charge in [0.15, 0.2) is 0 Å². The summed E-state index contributed by atoms with van der Waals surface area (Å²) in [5.74, 6) is 0.978. The number of piperidine rings is 1. The highest BCUT2D eigenvalue weighted by molar-refractivity contribution is 5.76. The predicted octanol–water partition coefficient (Wildman–Crippen LogP) is 2.47. The molecular formula is C17H26N2O. The lowest BCUT2D eigenvalue weighted by Gasteiger charge is -2.29. The number of carbonyl (C=O) groups is 1. The molecule has 3 heteroatoms. The lowest BCUT2D eigenvalue weighted by molar-refractivity contribution is -0.131. The summed E-state index contributed by atoms with van der Waals surface area (Å²) >= 11 is 0.